The molecule has 0 aromatic carbocycles. The van der Waals surface area contributed by atoms with Crippen molar-refractivity contribution < 1.29 is 57.1 Å². The maximum atomic E-state index is 13.8. The van der Waals surface area contributed by atoms with E-state index >= 15 is 0 Å². The summed E-state index contributed by atoms with van der Waals surface area (Å²) >= 11 is 0. The summed E-state index contributed by atoms with van der Waals surface area (Å²) in [5.74, 6) is -36.5. The van der Waals surface area contributed by atoms with E-state index in [1.54, 1.807) is 13.8 Å². The molecule has 0 amide bonds. The predicted molar refractivity (Wildman–Crippen MR) is 77.9 cm³/mol. The maximum Gasteiger partial charge on any atom is 0.460 e. The average molecular weight is 460 g/mol. The number of halogens is 13. The molecule has 0 aliphatic rings. The molecule has 0 aliphatic carbocycles. The highest BCUT2D eigenvalue weighted by Gasteiger charge is 2.90. The molecule has 13 heteroatoms. The summed E-state index contributed by atoms with van der Waals surface area (Å²) in [5.41, 5.74) is -1.15. The highest BCUT2D eigenvalue weighted by Crippen LogP contribution is 2.61. The van der Waals surface area contributed by atoms with Crippen LogP contribution in [0.5, 0.6) is 0 Å². The summed E-state index contributed by atoms with van der Waals surface area (Å²) in [7, 11) is 0. The van der Waals surface area contributed by atoms with Gasteiger partial charge in [-0.1, -0.05) is 34.1 Å². The van der Waals surface area contributed by atoms with Gasteiger partial charge >= 0.3 is 35.8 Å². The van der Waals surface area contributed by atoms with Crippen LogP contribution < -0.4 is 0 Å². The minimum absolute atomic E-state index is 0.101. The molecule has 0 radical (unpaired) electrons. The molecule has 1 unspecified atom stereocenters. The molecule has 176 valence electrons. The van der Waals surface area contributed by atoms with E-state index in [-0.39, 0.29) is 12.3 Å². The van der Waals surface area contributed by atoms with Gasteiger partial charge in [0, 0.05) is 6.42 Å². The smallest absolute Gasteiger partial charge is 0.200 e. The van der Waals surface area contributed by atoms with E-state index in [0.717, 1.165) is 0 Å². The van der Waals surface area contributed by atoms with Crippen molar-refractivity contribution >= 4 is 0 Å². The molecule has 0 N–H and O–H groups in total. The maximum absolute atomic E-state index is 13.8. The van der Waals surface area contributed by atoms with Crippen LogP contribution in [-0.2, 0) is 0 Å². The SMILES string of the molecule is CCC(C)CC(C)(C)CCC(F)(F)C(F)(F)C(F)(F)C(F)(F)C(F)(F)C(F)(F)F. The lowest BCUT2D eigenvalue weighted by molar-refractivity contribution is -0.440. The number of alkyl halides is 13. The van der Waals surface area contributed by atoms with Crippen LogP contribution in [-0.4, -0.2) is 35.8 Å². The standard InChI is InChI=1S/C16H21F13/c1-5-9(2)8-10(3,4)6-7-11(17,18)12(19,20)13(21,22)14(23,24)15(25,26)16(27,28)29/h9H,5-8H2,1-4H3. The summed E-state index contributed by atoms with van der Waals surface area (Å²) in [6, 6.07) is 0. The van der Waals surface area contributed by atoms with Crippen molar-refractivity contribution in [1.82, 2.24) is 0 Å². The molecule has 0 spiro atoms. The van der Waals surface area contributed by atoms with Gasteiger partial charge in [-0.3, -0.25) is 0 Å². The van der Waals surface area contributed by atoms with Crippen molar-refractivity contribution in [2.45, 2.75) is 89.2 Å². The van der Waals surface area contributed by atoms with Crippen molar-refractivity contribution in [3.05, 3.63) is 0 Å². The highest BCUT2D eigenvalue weighted by molar-refractivity contribution is 5.10. The minimum atomic E-state index is -7.84. The van der Waals surface area contributed by atoms with Crippen molar-refractivity contribution in [3.8, 4) is 0 Å². The Kier molecular flexibility index (Phi) is 7.72. The molecule has 0 fully saturated rings. The fourth-order valence-corrected chi connectivity index (χ4v) is 2.64. The Bertz CT molecular complexity index is 546. The Morgan fingerprint density at radius 2 is 0.966 bits per heavy atom. The van der Waals surface area contributed by atoms with Crippen LogP contribution in [0.2, 0.25) is 0 Å². The van der Waals surface area contributed by atoms with Gasteiger partial charge in [-0.25, -0.2) is 0 Å². The molecule has 0 aromatic heterocycles. The summed E-state index contributed by atoms with van der Waals surface area (Å²) < 4.78 is 169. The van der Waals surface area contributed by atoms with Gasteiger partial charge < -0.3 is 0 Å². The van der Waals surface area contributed by atoms with Gasteiger partial charge in [0.1, 0.15) is 0 Å². The lowest BCUT2D eigenvalue weighted by Gasteiger charge is -2.40. The van der Waals surface area contributed by atoms with E-state index in [1.165, 1.54) is 13.8 Å². The molecule has 0 aliphatic heterocycles. The second-order valence-corrected chi connectivity index (χ2v) is 7.88. The Morgan fingerprint density at radius 3 is 1.31 bits per heavy atom. The fraction of sp³-hybridized carbons (Fsp3) is 1.00. The Morgan fingerprint density at radius 1 is 0.586 bits per heavy atom. The van der Waals surface area contributed by atoms with Crippen LogP contribution >= 0.6 is 0 Å². The zero-order valence-electron chi connectivity index (χ0n) is 15.8. The first-order valence-corrected chi connectivity index (χ1v) is 8.37. The van der Waals surface area contributed by atoms with Crippen LogP contribution in [0.3, 0.4) is 0 Å². The third-order valence-corrected chi connectivity index (χ3v) is 4.71. The van der Waals surface area contributed by atoms with Crippen LogP contribution in [0.25, 0.3) is 0 Å². The summed E-state index contributed by atoms with van der Waals surface area (Å²) in [6.07, 6.45) is -9.72. The first kappa shape index (κ1) is 28.1. The summed E-state index contributed by atoms with van der Waals surface area (Å²) in [4.78, 5) is 0. The van der Waals surface area contributed by atoms with E-state index in [1.807, 2.05) is 0 Å². The van der Waals surface area contributed by atoms with Gasteiger partial charge in [-0.15, -0.1) is 0 Å². The second kappa shape index (κ2) is 7.97. The minimum Gasteiger partial charge on any atom is -0.200 e. The van der Waals surface area contributed by atoms with Gasteiger partial charge in [-0.2, -0.15) is 57.1 Å². The molecule has 0 heterocycles. The Hall–Kier alpha value is -0.910. The van der Waals surface area contributed by atoms with Gasteiger partial charge in [-0.05, 0) is 24.2 Å². The number of hydrogen-bond donors (Lipinski definition) is 0. The molecule has 0 bridgehead atoms. The third-order valence-electron chi connectivity index (χ3n) is 4.71. The van der Waals surface area contributed by atoms with Crippen molar-refractivity contribution in [3.63, 3.8) is 0 Å². The lowest BCUT2D eigenvalue weighted by Crippen LogP contribution is -2.70. The average Bonchev–Trinajstić information content (AvgIpc) is 2.50. The van der Waals surface area contributed by atoms with E-state index in [0.29, 0.717) is 6.42 Å². The van der Waals surface area contributed by atoms with Gasteiger partial charge in [0.2, 0.25) is 0 Å². The molecule has 0 saturated carbocycles. The first-order valence-electron chi connectivity index (χ1n) is 8.37. The quantitative estimate of drug-likeness (QED) is 0.290. The number of rotatable bonds is 10. The summed E-state index contributed by atoms with van der Waals surface area (Å²) in [5, 5.41) is 0. The molecule has 0 nitrogen and oxygen atoms in total. The zero-order valence-corrected chi connectivity index (χ0v) is 15.8. The van der Waals surface area contributed by atoms with Gasteiger partial charge in [0.15, 0.2) is 0 Å². The molecule has 0 aromatic rings. The predicted octanol–water partition coefficient (Wildman–Crippen LogP) is 7.97. The fourth-order valence-electron chi connectivity index (χ4n) is 2.64. The van der Waals surface area contributed by atoms with E-state index in [4.69, 9.17) is 0 Å². The molecule has 29 heavy (non-hydrogen) atoms. The number of hydrogen-bond acceptors (Lipinski definition) is 0. The van der Waals surface area contributed by atoms with Crippen molar-refractivity contribution in [1.29, 1.82) is 0 Å². The second-order valence-electron chi connectivity index (χ2n) is 7.88. The van der Waals surface area contributed by atoms with E-state index in [2.05, 4.69) is 0 Å². The Labute approximate surface area is 158 Å². The molecule has 0 rings (SSSR count). The van der Waals surface area contributed by atoms with Gasteiger partial charge in [0.25, 0.3) is 0 Å². The molecule has 1 atom stereocenters. The van der Waals surface area contributed by atoms with Crippen LogP contribution in [0.4, 0.5) is 57.1 Å². The topological polar surface area (TPSA) is 0 Å². The molecule has 0 saturated heterocycles. The largest absolute Gasteiger partial charge is 0.460 e. The van der Waals surface area contributed by atoms with E-state index < -0.39 is 54.0 Å². The third kappa shape index (κ3) is 5.05. The van der Waals surface area contributed by atoms with Crippen molar-refractivity contribution in [2.75, 3.05) is 0 Å². The van der Waals surface area contributed by atoms with Crippen LogP contribution in [0, 0.1) is 11.3 Å². The van der Waals surface area contributed by atoms with Gasteiger partial charge in [0.05, 0.1) is 0 Å². The van der Waals surface area contributed by atoms with Crippen LogP contribution in [0.15, 0.2) is 0 Å². The normalized spacial score (nSPS) is 16.9. The molecular weight excluding hydrogens is 439 g/mol. The summed E-state index contributed by atoms with van der Waals surface area (Å²) in [6.45, 7) is 5.99. The first-order chi connectivity index (χ1) is 12.4. The highest BCUT2D eigenvalue weighted by atomic mass is 19.4. The van der Waals surface area contributed by atoms with E-state index in [9.17, 15) is 57.1 Å². The van der Waals surface area contributed by atoms with Crippen LogP contribution in [0.1, 0.15) is 53.4 Å². The monoisotopic (exact) mass is 460 g/mol. The lowest BCUT2D eigenvalue weighted by atomic mass is 9.77. The van der Waals surface area contributed by atoms with Crippen molar-refractivity contribution in [2.24, 2.45) is 11.3 Å². The zero-order chi connectivity index (χ0) is 23.9. The Balaban J connectivity index is 5.88. The molecular formula is C16H21F13.